The Bertz CT molecular complexity index is 684. The molecule has 1 aromatic carbocycles. The Hall–Kier alpha value is -1.36. The number of anilines is 1. The van der Waals surface area contributed by atoms with Crippen LogP contribution in [0, 0.1) is 0 Å². The van der Waals surface area contributed by atoms with Crippen molar-refractivity contribution in [3.63, 3.8) is 0 Å². The summed E-state index contributed by atoms with van der Waals surface area (Å²) < 4.78 is 56.5. The lowest BCUT2D eigenvalue weighted by Gasteiger charge is -2.23. The standard InChI is InChI=1S/C12H21N3O5S2/c1-14(2)22(18,19)13-9-10-15(21(4,16)17)11-5-7-12(20-3)8-6-11/h5-8,13H,9-10H2,1-4H3. The molecule has 0 unspecified atom stereocenters. The van der Waals surface area contributed by atoms with E-state index in [2.05, 4.69) is 4.72 Å². The Morgan fingerprint density at radius 3 is 2.05 bits per heavy atom. The number of nitrogens with zero attached hydrogens (tertiary/aromatic N) is 2. The third-order valence-corrected chi connectivity index (χ3v) is 5.57. The van der Waals surface area contributed by atoms with E-state index in [9.17, 15) is 16.8 Å². The van der Waals surface area contributed by atoms with Crippen molar-refractivity contribution in [1.82, 2.24) is 9.03 Å². The van der Waals surface area contributed by atoms with E-state index < -0.39 is 20.2 Å². The van der Waals surface area contributed by atoms with Gasteiger partial charge in [0.1, 0.15) is 5.75 Å². The number of sulfonamides is 1. The lowest BCUT2D eigenvalue weighted by Crippen LogP contribution is -2.42. The first-order valence-electron chi connectivity index (χ1n) is 6.37. The molecular weight excluding hydrogens is 330 g/mol. The van der Waals surface area contributed by atoms with E-state index in [4.69, 9.17) is 4.74 Å². The van der Waals surface area contributed by atoms with Crippen molar-refractivity contribution in [1.29, 1.82) is 0 Å². The molecule has 10 heteroatoms. The normalized spacial score (nSPS) is 12.4. The summed E-state index contributed by atoms with van der Waals surface area (Å²) in [6, 6.07) is 6.47. The van der Waals surface area contributed by atoms with Crippen molar-refractivity contribution in [2.75, 3.05) is 44.9 Å². The summed E-state index contributed by atoms with van der Waals surface area (Å²) in [7, 11) is -2.83. The van der Waals surface area contributed by atoms with Gasteiger partial charge >= 0.3 is 0 Å². The van der Waals surface area contributed by atoms with Crippen molar-refractivity contribution < 1.29 is 21.6 Å². The molecule has 126 valence electrons. The Morgan fingerprint density at radius 1 is 1.09 bits per heavy atom. The minimum Gasteiger partial charge on any atom is -0.497 e. The molecule has 0 spiro atoms. The van der Waals surface area contributed by atoms with E-state index in [0.717, 1.165) is 14.9 Å². The smallest absolute Gasteiger partial charge is 0.278 e. The van der Waals surface area contributed by atoms with E-state index in [1.165, 1.54) is 21.2 Å². The highest BCUT2D eigenvalue weighted by Gasteiger charge is 2.19. The van der Waals surface area contributed by atoms with Gasteiger partial charge in [-0.2, -0.15) is 12.7 Å². The van der Waals surface area contributed by atoms with Crippen molar-refractivity contribution in [2.24, 2.45) is 0 Å². The van der Waals surface area contributed by atoms with Gasteiger partial charge < -0.3 is 4.74 Å². The molecule has 1 rings (SSSR count). The first-order chi connectivity index (χ1) is 10.1. The van der Waals surface area contributed by atoms with E-state index in [1.54, 1.807) is 24.3 Å². The van der Waals surface area contributed by atoms with Crippen LogP contribution in [0.15, 0.2) is 24.3 Å². The second-order valence-corrected chi connectivity index (χ2v) is 8.59. The highest BCUT2D eigenvalue weighted by atomic mass is 32.2. The molecule has 0 aliphatic heterocycles. The van der Waals surface area contributed by atoms with Gasteiger partial charge in [0.05, 0.1) is 19.1 Å². The number of hydrogen-bond acceptors (Lipinski definition) is 5. The van der Waals surface area contributed by atoms with Crippen LogP contribution in [-0.4, -0.2) is 61.7 Å². The van der Waals surface area contributed by atoms with Crippen LogP contribution in [0.25, 0.3) is 0 Å². The zero-order valence-corrected chi connectivity index (χ0v) is 14.6. The fourth-order valence-corrected chi connectivity index (χ4v) is 3.18. The molecule has 0 aliphatic rings. The van der Waals surface area contributed by atoms with Gasteiger partial charge in [0.25, 0.3) is 10.2 Å². The number of ether oxygens (including phenoxy) is 1. The summed E-state index contributed by atoms with van der Waals surface area (Å²) in [6.07, 6.45) is 1.07. The quantitative estimate of drug-likeness (QED) is 0.703. The van der Waals surface area contributed by atoms with Gasteiger partial charge in [-0.05, 0) is 24.3 Å². The minimum atomic E-state index is -3.59. The fourth-order valence-electron chi connectivity index (χ4n) is 1.64. The maximum absolute atomic E-state index is 11.9. The highest BCUT2D eigenvalue weighted by Crippen LogP contribution is 2.21. The van der Waals surface area contributed by atoms with Crippen LogP contribution in [0.5, 0.6) is 5.75 Å². The van der Waals surface area contributed by atoms with Crippen LogP contribution in [0.2, 0.25) is 0 Å². The third-order valence-electron chi connectivity index (χ3n) is 2.84. The van der Waals surface area contributed by atoms with E-state index in [-0.39, 0.29) is 13.1 Å². The van der Waals surface area contributed by atoms with E-state index in [0.29, 0.717) is 11.4 Å². The van der Waals surface area contributed by atoms with Crippen LogP contribution in [0.1, 0.15) is 0 Å². The fraction of sp³-hybridized carbons (Fsp3) is 0.500. The van der Waals surface area contributed by atoms with Gasteiger partial charge in [-0.3, -0.25) is 4.31 Å². The molecule has 0 amide bonds. The van der Waals surface area contributed by atoms with Crippen LogP contribution >= 0.6 is 0 Å². The van der Waals surface area contributed by atoms with Gasteiger partial charge in [-0.1, -0.05) is 0 Å². The molecule has 0 fully saturated rings. The molecule has 22 heavy (non-hydrogen) atoms. The summed E-state index contributed by atoms with van der Waals surface area (Å²) in [5.74, 6) is 0.602. The summed E-state index contributed by atoms with van der Waals surface area (Å²) in [5, 5.41) is 0. The lowest BCUT2D eigenvalue weighted by atomic mass is 10.3. The average molecular weight is 351 g/mol. The molecule has 0 aromatic heterocycles. The Labute approximate surface area is 131 Å². The van der Waals surface area contributed by atoms with Crippen molar-refractivity contribution >= 4 is 25.9 Å². The summed E-state index contributed by atoms with van der Waals surface area (Å²) in [4.78, 5) is 0. The SMILES string of the molecule is COc1ccc(N(CCNS(=O)(=O)N(C)C)S(C)(=O)=O)cc1. The number of benzene rings is 1. The van der Waals surface area contributed by atoms with Crippen molar-refractivity contribution in [2.45, 2.75) is 0 Å². The lowest BCUT2D eigenvalue weighted by molar-refractivity contribution is 0.415. The molecule has 1 aromatic rings. The molecule has 1 N–H and O–H groups in total. The molecule has 0 saturated heterocycles. The zero-order valence-electron chi connectivity index (χ0n) is 13.0. The van der Waals surface area contributed by atoms with Crippen LogP contribution in [-0.2, 0) is 20.2 Å². The number of hydrogen-bond donors (Lipinski definition) is 1. The summed E-state index contributed by atoms with van der Waals surface area (Å²) in [5.41, 5.74) is 0.437. The van der Waals surface area contributed by atoms with E-state index >= 15 is 0 Å². The van der Waals surface area contributed by atoms with Crippen molar-refractivity contribution in [3.05, 3.63) is 24.3 Å². The van der Waals surface area contributed by atoms with Crippen LogP contribution < -0.4 is 13.8 Å². The van der Waals surface area contributed by atoms with Gasteiger partial charge in [0.15, 0.2) is 0 Å². The summed E-state index contributed by atoms with van der Waals surface area (Å²) in [6.45, 7) is -0.0577. The molecule has 0 saturated carbocycles. The van der Waals surface area contributed by atoms with Gasteiger partial charge in [-0.15, -0.1) is 0 Å². The Morgan fingerprint density at radius 2 is 1.64 bits per heavy atom. The topological polar surface area (TPSA) is 96.0 Å². The first kappa shape index (κ1) is 18.7. The number of nitrogens with one attached hydrogen (secondary N) is 1. The predicted octanol–water partition coefficient (Wildman–Crippen LogP) is -0.143. The summed E-state index contributed by atoms with van der Waals surface area (Å²) >= 11 is 0. The zero-order chi connectivity index (χ0) is 17.0. The first-order valence-corrected chi connectivity index (χ1v) is 9.65. The molecule has 0 radical (unpaired) electrons. The Kier molecular flexibility index (Phi) is 6.17. The van der Waals surface area contributed by atoms with E-state index in [1.807, 2.05) is 0 Å². The number of methoxy groups -OCH3 is 1. The monoisotopic (exact) mass is 351 g/mol. The van der Waals surface area contributed by atoms with Crippen LogP contribution in [0.4, 0.5) is 5.69 Å². The van der Waals surface area contributed by atoms with Crippen molar-refractivity contribution in [3.8, 4) is 5.75 Å². The van der Waals surface area contributed by atoms with Gasteiger partial charge in [-0.25, -0.2) is 13.1 Å². The van der Waals surface area contributed by atoms with Gasteiger partial charge in [0.2, 0.25) is 10.0 Å². The third kappa shape index (κ3) is 5.13. The average Bonchev–Trinajstić information content (AvgIpc) is 2.42. The minimum absolute atomic E-state index is 0.0156. The maximum atomic E-state index is 11.9. The van der Waals surface area contributed by atoms with Crippen LogP contribution in [0.3, 0.4) is 0 Å². The largest absolute Gasteiger partial charge is 0.497 e. The van der Waals surface area contributed by atoms with Gasteiger partial charge in [0, 0.05) is 27.2 Å². The number of rotatable bonds is 8. The molecule has 0 bridgehead atoms. The molecule has 0 heterocycles. The second-order valence-electron chi connectivity index (χ2n) is 4.71. The second kappa shape index (κ2) is 7.27. The highest BCUT2D eigenvalue weighted by molar-refractivity contribution is 7.92. The molecule has 0 aliphatic carbocycles. The molecular formula is C12H21N3O5S2. The molecule has 8 nitrogen and oxygen atoms in total. The Balaban J connectivity index is 2.87. The molecule has 0 atom stereocenters. The maximum Gasteiger partial charge on any atom is 0.278 e. The predicted molar refractivity (Wildman–Crippen MR) is 85.8 cm³/mol.